The van der Waals surface area contributed by atoms with Crippen LogP contribution in [0.4, 0.5) is 0 Å². The summed E-state index contributed by atoms with van der Waals surface area (Å²) in [5.41, 5.74) is 6.51. The van der Waals surface area contributed by atoms with Crippen molar-refractivity contribution >= 4 is 84.8 Å². The molecule has 198 valence electrons. The lowest BCUT2D eigenvalue weighted by atomic mass is 9.98. The molecule has 0 bridgehead atoms. The minimum Gasteiger partial charge on any atom is -0.307 e. The Bertz CT molecular complexity index is 2650. The van der Waals surface area contributed by atoms with Crippen LogP contribution in [-0.4, -0.2) is 4.57 Å². The normalized spacial score (nSPS) is 11.7. The smallest absolute Gasteiger partial charge is 0.101 e. The van der Waals surface area contributed by atoms with E-state index in [-0.39, 0.29) is 0 Å². The largest absolute Gasteiger partial charge is 0.307 e. The van der Waals surface area contributed by atoms with Crippen molar-refractivity contribution in [1.82, 2.24) is 4.57 Å². The number of nitrogens with zero attached hydrogens (tertiary/aromatic N) is 3. The van der Waals surface area contributed by atoms with Gasteiger partial charge in [0, 0.05) is 56.7 Å². The van der Waals surface area contributed by atoms with Crippen LogP contribution in [0.3, 0.4) is 0 Å². The van der Waals surface area contributed by atoms with Crippen LogP contribution < -0.4 is 0 Å². The van der Waals surface area contributed by atoms with Crippen LogP contribution >= 0.6 is 22.7 Å². The van der Waals surface area contributed by atoms with Crippen LogP contribution in [-0.2, 0) is 0 Å². The summed E-state index contributed by atoms with van der Waals surface area (Å²) in [4.78, 5) is 0. The predicted molar refractivity (Wildman–Crippen MR) is 181 cm³/mol. The zero-order valence-electron chi connectivity index (χ0n) is 22.6. The minimum atomic E-state index is 0.642. The van der Waals surface area contributed by atoms with Gasteiger partial charge in [-0.3, -0.25) is 0 Å². The second-order valence-electron chi connectivity index (χ2n) is 10.8. The number of nitriles is 2. The minimum absolute atomic E-state index is 0.642. The van der Waals surface area contributed by atoms with E-state index in [4.69, 9.17) is 0 Å². The van der Waals surface area contributed by atoms with Crippen molar-refractivity contribution in [3.8, 4) is 29.0 Å². The second kappa shape index (κ2) is 9.02. The highest BCUT2D eigenvalue weighted by Crippen LogP contribution is 2.44. The molecule has 9 aromatic rings. The van der Waals surface area contributed by atoms with Crippen LogP contribution in [0.15, 0.2) is 115 Å². The summed E-state index contributed by atoms with van der Waals surface area (Å²) >= 11 is 3.57. The monoisotopic (exact) mass is 581 g/mol. The second-order valence-corrected chi connectivity index (χ2v) is 12.9. The Morgan fingerprint density at radius 2 is 1.09 bits per heavy atom. The van der Waals surface area contributed by atoms with E-state index in [1.54, 1.807) is 22.7 Å². The first-order valence-electron chi connectivity index (χ1n) is 14.0. The SMILES string of the molecule is N#Cc1ccc2sc3cc4c(cc3c2c1)sc1ccc(-c2cccc(C#N)c2-n2c3ccccc3c3ccccc32)cc14. The Morgan fingerprint density at radius 1 is 0.488 bits per heavy atom. The summed E-state index contributed by atoms with van der Waals surface area (Å²) in [6.45, 7) is 0. The third-order valence-electron chi connectivity index (χ3n) is 8.46. The van der Waals surface area contributed by atoms with E-state index in [0.29, 0.717) is 11.1 Å². The number of benzene rings is 6. The van der Waals surface area contributed by atoms with Gasteiger partial charge in [0.05, 0.1) is 33.9 Å². The molecule has 0 aliphatic carbocycles. The zero-order valence-corrected chi connectivity index (χ0v) is 24.3. The third-order valence-corrected chi connectivity index (χ3v) is 10.7. The Labute approximate surface area is 254 Å². The molecule has 3 aromatic heterocycles. The summed E-state index contributed by atoms with van der Waals surface area (Å²) in [5, 5.41) is 26.9. The van der Waals surface area contributed by atoms with Crippen LogP contribution in [0, 0.1) is 22.7 Å². The fourth-order valence-electron chi connectivity index (χ4n) is 6.55. The molecule has 0 radical (unpaired) electrons. The number of para-hydroxylation sites is 3. The molecule has 0 spiro atoms. The average Bonchev–Trinajstić information content (AvgIpc) is 3.71. The van der Waals surface area contributed by atoms with Crippen LogP contribution in [0.2, 0.25) is 0 Å². The molecule has 0 fully saturated rings. The molecule has 43 heavy (non-hydrogen) atoms. The van der Waals surface area contributed by atoms with E-state index < -0.39 is 0 Å². The highest BCUT2D eigenvalue weighted by molar-refractivity contribution is 7.27. The van der Waals surface area contributed by atoms with Gasteiger partial charge in [-0.1, -0.05) is 54.6 Å². The summed E-state index contributed by atoms with van der Waals surface area (Å²) in [6.07, 6.45) is 0. The van der Waals surface area contributed by atoms with E-state index in [9.17, 15) is 10.5 Å². The van der Waals surface area contributed by atoms with Crippen LogP contribution in [0.5, 0.6) is 0 Å². The molecule has 5 heteroatoms. The van der Waals surface area contributed by atoms with E-state index in [1.165, 1.54) is 45.7 Å². The molecule has 9 rings (SSSR count). The lowest BCUT2D eigenvalue weighted by molar-refractivity contribution is 1.17. The standard InChI is InChI=1S/C38H19N3S2/c39-20-22-12-14-34-28(16-22)30-18-37-31(19-36(30)42-34)29-17-23(13-15-35(29)43-37)25-9-5-6-24(21-40)38(25)41-32-10-3-1-7-26(32)27-8-2-4-11-33(27)41/h1-19H. The molecule has 6 aromatic carbocycles. The average molecular weight is 582 g/mol. The van der Waals surface area contributed by atoms with E-state index in [0.717, 1.165) is 33.2 Å². The molecule has 0 aliphatic heterocycles. The summed E-state index contributed by atoms with van der Waals surface area (Å²) < 4.78 is 7.13. The molecule has 3 heterocycles. The van der Waals surface area contributed by atoms with Gasteiger partial charge in [-0.25, -0.2) is 0 Å². The van der Waals surface area contributed by atoms with Crippen molar-refractivity contribution in [2.24, 2.45) is 0 Å². The van der Waals surface area contributed by atoms with Crippen molar-refractivity contribution < 1.29 is 0 Å². The highest BCUT2D eigenvalue weighted by atomic mass is 32.1. The lowest BCUT2D eigenvalue weighted by Gasteiger charge is -2.16. The first-order valence-corrected chi connectivity index (χ1v) is 15.6. The molecule has 0 aliphatic rings. The molecule has 0 amide bonds. The van der Waals surface area contributed by atoms with Crippen molar-refractivity contribution in [3.05, 3.63) is 126 Å². The number of hydrogen-bond acceptors (Lipinski definition) is 4. The zero-order chi connectivity index (χ0) is 28.7. The molecular formula is C38H19N3S2. The van der Waals surface area contributed by atoms with Gasteiger partial charge in [0.25, 0.3) is 0 Å². The van der Waals surface area contributed by atoms with Crippen molar-refractivity contribution in [3.63, 3.8) is 0 Å². The van der Waals surface area contributed by atoms with Gasteiger partial charge in [0.2, 0.25) is 0 Å². The fourth-order valence-corrected chi connectivity index (χ4v) is 8.77. The predicted octanol–water partition coefficient (Wildman–Crippen LogP) is 10.9. The highest BCUT2D eigenvalue weighted by Gasteiger charge is 2.19. The van der Waals surface area contributed by atoms with Crippen LogP contribution in [0.25, 0.3) is 79.0 Å². The topological polar surface area (TPSA) is 52.5 Å². The lowest BCUT2D eigenvalue weighted by Crippen LogP contribution is -2.00. The molecule has 0 N–H and O–H groups in total. The van der Waals surface area contributed by atoms with Crippen molar-refractivity contribution in [2.45, 2.75) is 0 Å². The number of thiophene rings is 2. The van der Waals surface area contributed by atoms with Crippen molar-refractivity contribution in [1.29, 1.82) is 10.5 Å². The van der Waals surface area contributed by atoms with Gasteiger partial charge in [0.1, 0.15) is 6.07 Å². The van der Waals surface area contributed by atoms with Gasteiger partial charge >= 0.3 is 0 Å². The van der Waals surface area contributed by atoms with Crippen LogP contribution in [0.1, 0.15) is 11.1 Å². The quantitative estimate of drug-likeness (QED) is 0.204. The van der Waals surface area contributed by atoms with E-state index in [1.807, 2.05) is 24.3 Å². The van der Waals surface area contributed by atoms with Gasteiger partial charge in [0.15, 0.2) is 0 Å². The molecular weight excluding hydrogens is 563 g/mol. The molecule has 0 saturated heterocycles. The first kappa shape index (κ1) is 24.2. The maximum Gasteiger partial charge on any atom is 0.101 e. The summed E-state index contributed by atoms with van der Waals surface area (Å²) in [6, 6.07) is 44.9. The molecule has 0 unspecified atom stereocenters. The van der Waals surface area contributed by atoms with Crippen molar-refractivity contribution in [2.75, 3.05) is 0 Å². The van der Waals surface area contributed by atoms with Gasteiger partial charge in [-0.15, -0.1) is 22.7 Å². The Morgan fingerprint density at radius 3 is 1.74 bits per heavy atom. The van der Waals surface area contributed by atoms with E-state index in [2.05, 4.69) is 108 Å². The first-order chi connectivity index (χ1) is 21.2. The third kappa shape index (κ3) is 3.44. The number of hydrogen-bond donors (Lipinski definition) is 0. The Kier molecular flexibility index (Phi) is 5.07. The van der Waals surface area contributed by atoms with Gasteiger partial charge < -0.3 is 4.57 Å². The Hall–Kier alpha value is -5.46. The number of aromatic nitrogens is 1. The maximum atomic E-state index is 10.3. The van der Waals surface area contributed by atoms with Gasteiger partial charge in [-0.05, 0) is 66.2 Å². The van der Waals surface area contributed by atoms with Gasteiger partial charge in [-0.2, -0.15) is 10.5 Å². The maximum absolute atomic E-state index is 10.3. The molecule has 3 nitrogen and oxygen atoms in total. The Balaban J connectivity index is 1.32. The fraction of sp³-hybridized carbons (Fsp3) is 0. The number of fused-ring (bicyclic) bond motifs is 9. The summed E-state index contributed by atoms with van der Waals surface area (Å²) in [5.74, 6) is 0. The molecule has 0 saturated carbocycles. The summed E-state index contributed by atoms with van der Waals surface area (Å²) in [7, 11) is 0. The molecule has 0 atom stereocenters. The van der Waals surface area contributed by atoms with E-state index >= 15 is 0 Å². The number of rotatable bonds is 2.